The number of ether oxygens (including phenoxy) is 1. The van der Waals surface area contributed by atoms with Crippen molar-refractivity contribution >= 4 is 0 Å². The highest BCUT2D eigenvalue weighted by Gasteiger charge is 2.20. The Kier molecular flexibility index (Phi) is 6.31. The molecule has 0 aliphatic heterocycles. The molecule has 0 saturated heterocycles. The maximum Gasteiger partial charge on any atom is 0.137 e. The van der Waals surface area contributed by atoms with Gasteiger partial charge in [-0.3, -0.25) is 4.98 Å². The van der Waals surface area contributed by atoms with E-state index in [0.717, 1.165) is 30.6 Å². The van der Waals surface area contributed by atoms with Gasteiger partial charge >= 0.3 is 0 Å². The van der Waals surface area contributed by atoms with Crippen LogP contribution in [0.3, 0.4) is 0 Å². The molecule has 1 aromatic rings. The molecule has 1 aliphatic carbocycles. The van der Waals surface area contributed by atoms with Gasteiger partial charge in [-0.2, -0.15) is 0 Å². The number of rotatable bonds is 10. The first kappa shape index (κ1) is 15.3. The van der Waals surface area contributed by atoms with E-state index in [0.29, 0.717) is 5.92 Å². The Labute approximate surface area is 123 Å². The highest BCUT2D eigenvalue weighted by Crippen LogP contribution is 2.19. The molecule has 1 aromatic heterocycles. The molecule has 0 spiro atoms. The fourth-order valence-corrected chi connectivity index (χ4v) is 2.25. The second-order valence-electron chi connectivity index (χ2n) is 5.87. The Bertz CT molecular complexity index is 373. The maximum absolute atomic E-state index is 5.87. The largest absolute Gasteiger partial charge is 0.492 e. The molecule has 3 heteroatoms. The molecule has 2 rings (SSSR count). The number of hydrogen-bond acceptors (Lipinski definition) is 3. The number of pyridine rings is 1. The van der Waals surface area contributed by atoms with E-state index in [1.807, 2.05) is 12.3 Å². The van der Waals surface area contributed by atoms with E-state index >= 15 is 0 Å². The molecule has 1 heterocycles. The first-order valence-corrected chi connectivity index (χ1v) is 8.13. The Morgan fingerprint density at radius 1 is 1.35 bits per heavy atom. The van der Waals surface area contributed by atoms with Crippen molar-refractivity contribution in [3.63, 3.8) is 0 Å². The quantitative estimate of drug-likeness (QED) is 0.703. The summed E-state index contributed by atoms with van der Waals surface area (Å²) < 4.78 is 5.87. The summed E-state index contributed by atoms with van der Waals surface area (Å²) >= 11 is 0. The Hall–Kier alpha value is -1.09. The summed E-state index contributed by atoms with van der Waals surface area (Å²) in [7, 11) is 0. The van der Waals surface area contributed by atoms with Crippen molar-refractivity contribution in [3.8, 4) is 5.75 Å². The van der Waals surface area contributed by atoms with Crippen LogP contribution < -0.4 is 10.1 Å². The standard InChI is InChI=1S/C17H28N2O/c1-3-5-6-14(4-2)13-20-17-10-9-16(19-12-17)11-18-15-7-8-15/h9-10,12,14-15,18H,3-8,11,13H2,1-2H3. The number of unbranched alkanes of at least 4 members (excludes halogenated alkanes) is 1. The molecule has 0 amide bonds. The zero-order chi connectivity index (χ0) is 14.2. The van der Waals surface area contributed by atoms with Gasteiger partial charge in [0.15, 0.2) is 0 Å². The monoisotopic (exact) mass is 276 g/mol. The van der Waals surface area contributed by atoms with Crippen molar-refractivity contribution < 1.29 is 4.74 Å². The molecule has 1 N–H and O–H groups in total. The first-order valence-electron chi connectivity index (χ1n) is 8.13. The van der Waals surface area contributed by atoms with Crippen LogP contribution in [0.15, 0.2) is 18.3 Å². The lowest BCUT2D eigenvalue weighted by molar-refractivity contribution is 0.232. The van der Waals surface area contributed by atoms with E-state index < -0.39 is 0 Å². The maximum atomic E-state index is 5.87. The average molecular weight is 276 g/mol. The summed E-state index contributed by atoms with van der Waals surface area (Å²) in [6.45, 7) is 6.18. The minimum Gasteiger partial charge on any atom is -0.492 e. The third kappa shape index (κ3) is 5.49. The average Bonchev–Trinajstić information content (AvgIpc) is 3.31. The molecule has 1 saturated carbocycles. The molecular formula is C17H28N2O. The number of nitrogens with one attached hydrogen (secondary N) is 1. The van der Waals surface area contributed by atoms with Crippen LogP contribution in [0.4, 0.5) is 0 Å². The zero-order valence-electron chi connectivity index (χ0n) is 12.9. The summed E-state index contributed by atoms with van der Waals surface area (Å²) in [5.41, 5.74) is 1.10. The van der Waals surface area contributed by atoms with Crippen LogP contribution in [0.2, 0.25) is 0 Å². The van der Waals surface area contributed by atoms with Gasteiger partial charge in [0.25, 0.3) is 0 Å². The van der Waals surface area contributed by atoms with Crippen molar-refractivity contribution in [2.24, 2.45) is 5.92 Å². The van der Waals surface area contributed by atoms with Gasteiger partial charge < -0.3 is 10.1 Å². The topological polar surface area (TPSA) is 34.1 Å². The zero-order valence-corrected chi connectivity index (χ0v) is 12.9. The van der Waals surface area contributed by atoms with Crippen LogP contribution in [-0.4, -0.2) is 17.6 Å². The summed E-state index contributed by atoms with van der Waals surface area (Å²) in [5, 5.41) is 3.47. The molecule has 1 atom stereocenters. The second kappa shape index (κ2) is 8.25. The first-order chi connectivity index (χ1) is 9.81. The van der Waals surface area contributed by atoms with Crippen molar-refractivity contribution in [2.75, 3.05) is 6.61 Å². The van der Waals surface area contributed by atoms with Crippen LogP contribution >= 0.6 is 0 Å². The third-order valence-electron chi connectivity index (χ3n) is 3.98. The summed E-state index contributed by atoms with van der Waals surface area (Å²) in [6, 6.07) is 4.85. The van der Waals surface area contributed by atoms with Crippen molar-refractivity contribution in [3.05, 3.63) is 24.0 Å². The Morgan fingerprint density at radius 2 is 2.20 bits per heavy atom. The molecule has 0 radical (unpaired) electrons. The molecule has 3 nitrogen and oxygen atoms in total. The van der Waals surface area contributed by atoms with Gasteiger partial charge in [0.1, 0.15) is 5.75 Å². The lowest BCUT2D eigenvalue weighted by atomic mass is 10.0. The third-order valence-corrected chi connectivity index (χ3v) is 3.98. The smallest absolute Gasteiger partial charge is 0.137 e. The lowest BCUT2D eigenvalue weighted by Crippen LogP contribution is -2.16. The van der Waals surface area contributed by atoms with Crippen LogP contribution in [0, 0.1) is 5.92 Å². The van der Waals surface area contributed by atoms with Gasteiger partial charge in [-0.25, -0.2) is 0 Å². The van der Waals surface area contributed by atoms with Gasteiger partial charge in [-0.1, -0.05) is 33.1 Å². The predicted molar refractivity (Wildman–Crippen MR) is 82.9 cm³/mol. The minimum absolute atomic E-state index is 0.672. The molecule has 0 aromatic carbocycles. The van der Waals surface area contributed by atoms with E-state index in [1.54, 1.807) is 0 Å². The number of nitrogens with zero attached hydrogens (tertiary/aromatic N) is 1. The second-order valence-corrected chi connectivity index (χ2v) is 5.87. The van der Waals surface area contributed by atoms with Gasteiger partial charge in [-0.05, 0) is 37.3 Å². The van der Waals surface area contributed by atoms with Gasteiger partial charge in [0.2, 0.25) is 0 Å². The molecule has 1 unspecified atom stereocenters. The summed E-state index contributed by atoms with van der Waals surface area (Å²) in [5.74, 6) is 1.57. The highest BCUT2D eigenvalue weighted by molar-refractivity contribution is 5.19. The van der Waals surface area contributed by atoms with Gasteiger partial charge in [-0.15, -0.1) is 0 Å². The Balaban J connectivity index is 1.71. The summed E-state index contributed by atoms with van der Waals surface area (Å²) in [6.07, 6.45) is 9.51. The van der Waals surface area contributed by atoms with Gasteiger partial charge in [0.05, 0.1) is 18.5 Å². The van der Waals surface area contributed by atoms with E-state index in [-0.39, 0.29) is 0 Å². The lowest BCUT2D eigenvalue weighted by Gasteiger charge is -2.15. The molecule has 112 valence electrons. The van der Waals surface area contributed by atoms with E-state index in [2.05, 4.69) is 30.2 Å². The molecule has 1 aliphatic rings. The minimum atomic E-state index is 0.672. The number of hydrogen-bond donors (Lipinski definition) is 1. The molecule has 20 heavy (non-hydrogen) atoms. The fourth-order valence-electron chi connectivity index (χ4n) is 2.25. The highest BCUT2D eigenvalue weighted by atomic mass is 16.5. The van der Waals surface area contributed by atoms with Crippen LogP contribution in [0.5, 0.6) is 5.75 Å². The van der Waals surface area contributed by atoms with E-state index in [4.69, 9.17) is 4.74 Å². The Morgan fingerprint density at radius 3 is 2.80 bits per heavy atom. The summed E-state index contributed by atoms with van der Waals surface area (Å²) in [4.78, 5) is 4.46. The fraction of sp³-hybridized carbons (Fsp3) is 0.706. The SMILES string of the molecule is CCCCC(CC)COc1ccc(CNC2CC2)nc1. The van der Waals surface area contributed by atoms with Crippen molar-refractivity contribution in [2.45, 2.75) is 65.0 Å². The molecule has 1 fully saturated rings. The molecular weight excluding hydrogens is 248 g/mol. The van der Waals surface area contributed by atoms with Crippen LogP contribution in [-0.2, 0) is 6.54 Å². The van der Waals surface area contributed by atoms with E-state index in [9.17, 15) is 0 Å². The number of aromatic nitrogens is 1. The van der Waals surface area contributed by atoms with E-state index in [1.165, 1.54) is 38.5 Å². The van der Waals surface area contributed by atoms with Crippen molar-refractivity contribution in [1.82, 2.24) is 10.3 Å². The van der Waals surface area contributed by atoms with Crippen molar-refractivity contribution in [1.29, 1.82) is 0 Å². The predicted octanol–water partition coefficient (Wildman–Crippen LogP) is 3.93. The van der Waals surface area contributed by atoms with Crippen LogP contribution in [0.25, 0.3) is 0 Å². The van der Waals surface area contributed by atoms with Gasteiger partial charge in [0, 0.05) is 12.6 Å². The molecule has 0 bridgehead atoms. The normalized spacial score (nSPS) is 16.1. The van der Waals surface area contributed by atoms with Crippen LogP contribution in [0.1, 0.15) is 58.1 Å².